The third-order valence-electron chi connectivity index (χ3n) is 1.11. The van der Waals surface area contributed by atoms with Crippen LogP contribution in [-0.4, -0.2) is 25.2 Å². The van der Waals surface area contributed by atoms with Crippen LogP contribution < -0.4 is 0 Å². The summed E-state index contributed by atoms with van der Waals surface area (Å²) >= 11 is 0. The first-order valence-electron chi connectivity index (χ1n) is 3.51. The van der Waals surface area contributed by atoms with Crippen molar-refractivity contribution in [2.24, 2.45) is 0 Å². The van der Waals surface area contributed by atoms with E-state index in [-0.39, 0.29) is 12.4 Å². The van der Waals surface area contributed by atoms with Crippen LogP contribution in [0.2, 0.25) is 0 Å². The van der Waals surface area contributed by atoms with Crippen molar-refractivity contribution in [1.82, 2.24) is 0 Å². The summed E-state index contributed by atoms with van der Waals surface area (Å²) in [7, 11) is 0.945. The molecule has 0 bridgehead atoms. The first kappa shape index (κ1) is 9.80. The molecule has 60 valence electrons. The van der Waals surface area contributed by atoms with Crippen LogP contribution in [0, 0.1) is 0 Å². The second-order valence-electron chi connectivity index (χ2n) is 1.98. The zero-order chi connectivity index (χ0) is 7.82. The molecule has 0 unspecified atom stereocenters. The van der Waals surface area contributed by atoms with Gasteiger partial charge < -0.3 is 0 Å². The number of hydrogen-bond acceptors (Lipinski definition) is 2. The zero-order valence-corrected chi connectivity index (χ0v) is 8.59. The van der Waals surface area contributed by atoms with Gasteiger partial charge in [0.1, 0.15) is 0 Å². The van der Waals surface area contributed by atoms with Gasteiger partial charge in [-0.25, -0.2) is 0 Å². The molecule has 0 N–H and O–H groups in total. The molecule has 0 saturated carbocycles. The minimum atomic E-state index is 0.219. The third-order valence-corrected chi connectivity index (χ3v) is 1.90. The van der Waals surface area contributed by atoms with Gasteiger partial charge >= 0.3 is 63.0 Å². The van der Waals surface area contributed by atoms with E-state index in [0.29, 0.717) is 12.8 Å². The van der Waals surface area contributed by atoms with Crippen LogP contribution in [-0.2, 0) is 9.53 Å². The fourth-order valence-electron chi connectivity index (χ4n) is 0.439. The molecule has 2 nitrogen and oxygen atoms in total. The Balaban J connectivity index is 3.11. The Kier molecular flexibility index (Phi) is 6.78. The summed E-state index contributed by atoms with van der Waals surface area (Å²) in [5.74, 6) is 0.219. The van der Waals surface area contributed by atoms with Crippen molar-refractivity contribution in [2.75, 3.05) is 19.4 Å². The van der Waals surface area contributed by atoms with Crippen LogP contribution in [0.5, 0.6) is 0 Å². The predicted octanol–water partition coefficient (Wildman–Crippen LogP) is 0.488. The SMILES string of the molecule is CC=CCOCC(=O)C[PH4]. The molecular formula is C7H15O2P. The standard InChI is InChI=1S/C7H15O2P/c1-2-3-4-9-5-7(8)6-10/h2-3H,4-6H2,1H3,10H4. The van der Waals surface area contributed by atoms with Gasteiger partial charge in [0.2, 0.25) is 0 Å². The monoisotopic (exact) mass is 162 g/mol. The molecule has 0 saturated heterocycles. The van der Waals surface area contributed by atoms with Crippen LogP contribution in [0.3, 0.4) is 0 Å². The Morgan fingerprint density at radius 3 is 2.90 bits per heavy atom. The van der Waals surface area contributed by atoms with Crippen molar-refractivity contribution in [3.8, 4) is 0 Å². The van der Waals surface area contributed by atoms with Crippen molar-refractivity contribution in [1.29, 1.82) is 0 Å². The van der Waals surface area contributed by atoms with Gasteiger partial charge in [0, 0.05) is 0 Å². The molecule has 0 aromatic carbocycles. The van der Waals surface area contributed by atoms with Gasteiger partial charge in [-0.05, 0) is 0 Å². The van der Waals surface area contributed by atoms with Gasteiger partial charge in [-0.15, -0.1) is 0 Å². The number of ketones is 1. The summed E-state index contributed by atoms with van der Waals surface area (Å²) in [4.78, 5) is 10.7. The van der Waals surface area contributed by atoms with E-state index in [4.69, 9.17) is 4.74 Å². The fraction of sp³-hybridized carbons (Fsp3) is 0.571. The molecule has 0 aliphatic rings. The van der Waals surface area contributed by atoms with Crippen LogP contribution in [0.4, 0.5) is 0 Å². The van der Waals surface area contributed by atoms with Gasteiger partial charge in [-0.1, -0.05) is 0 Å². The number of carbonyl (C=O) groups excluding carboxylic acids is 1. The zero-order valence-electron chi connectivity index (χ0n) is 6.59. The van der Waals surface area contributed by atoms with Crippen molar-refractivity contribution in [3.63, 3.8) is 0 Å². The average molecular weight is 162 g/mol. The fourth-order valence-corrected chi connectivity index (χ4v) is 0.643. The van der Waals surface area contributed by atoms with E-state index in [9.17, 15) is 4.79 Å². The molecule has 0 heterocycles. The number of allylic oxidation sites excluding steroid dienone is 1. The number of hydrogen-bond donors (Lipinski definition) is 0. The Hall–Kier alpha value is -0.200. The second kappa shape index (κ2) is 6.91. The van der Waals surface area contributed by atoms with E-state index in [2.05, 4.69) is 0 Å². The molecular weight excluding hydrogens is 147 g/mol. The summed E-state index contributed by atoms with van der Waals surface area (Å²) in [6.07, 6.45) is 4.50. The molecule has 0 aromatic heterocycles. The molecule has 0 fully saturated rings. The van der Waals surface area contributed by atoms with E-state index in [0.717, 1.165) is 9.24 Å². The maximum absolute atomic E-state index is 10.7. The van der Waals surface area contributed by atoms with E-state index in [1.807, 2.05) is 19.1 Å². The van der Waals surface area contributed by atoms with Gasteiger partial charge in [-0.3, -0.25) is 0 Å². The summed E-state index contributed by atoms with van der Waals surface area (Å²) < 4.78 is 5.01. The van der Waals surface area contributed by atoms with Gasteiger partial charge in [0.05, 0.1) is 0 Å². The van der Waals surface area contributed by atoms with Crippen molar-refractivity contribution in [2.45, 2.75) is 6.92 Å². The topological polar surface area (TPSA) is 26.3 Å². The van der Waals surface area contributed by atoms with E-state index in [1.165, 1.54) is 0 Å². The maximum atomic E-state index is 10.7. The summed E-state index contributed by atoms with van der Waals surface area (Å²) in [5, 5.41) is 0. The molecule has 3 heteroatoms. The second-order valence-corrected chi connectivity index (χ2v) is 2.68. The number of Topliss-reactive ketones (excluding diaryl/α,β-unsaturated/α-hetero) is 1. The Labute approximate surface area is 63.8 Å². The predicted molar refractivity (Wildman–Crippen MR) is 48.0 cm³/mol. The summed E-state index contributed by atoms with van der Waals surface area (Å²) in [5.41, 5.74) is 0. The molecule has 0 aliphatic carbocycles. The van der Waals surface area contributed by atoms with Gasteiger partial charge in [0.25, 0.3) is 0 Å². The molecule has 0 radical (unpaired) electrons. The molecule has 0 atom stereocenters. The van der Waals surface area contributed by atoms with Crippen LogP contribution in [0.1, 0.15) is 6.92 Å². The summed E-state index contributed by atoms with van der Waals surface area (Å²) in [6.45, 7) is 2.77. The first-order chi connectivity index (χ1) is 4.81. The Morgan fingerprint density at radius 1 is 1.70 bits per heavy atom. The van der Waals surface area contributed by atoms with Crippen molar-refractivity contribution >= 4 is 15.0 Å². The van der Waals surface area contributed by atoms with Crippen LogP contribution in [0.25, 0.3) is 0 Å². The molecule has 0 rings (SSSR count). The van der Waals surface area contributed by atoms with Gasteiger partial charge in [0.15, 0.2) is 0 Å². The third kappa shape index (κ3) is 5.93. The summed E-state index contributed by atoms with van der Waals surface area (Å²) in [6, 6.07) is 0. The Morgan fingerprint density at radius 2 is 2.40 bits per heavy atom. The first-order valence-corrected chi connectivity index (χ1v) is 4.93. The normalized spacial score (nSPS) is 10.7. The number of ether oxygens (including phenoxy) is 1. The molecule has 0 aliphatic heterocycles. The van der Waals surface area contributed by atoms with E-state index >= 15 is 0 Å². The quantitative estimate of drug-likeness (QED) is 0.334. The van der Waals surface area contributed by atoms with Crippen LogP contribution >= 0.6 is 9.24 Å². The van der Waals surface area contributed by atoms with E-state index in [1.54, 1.807) is 0 Å². The Bertz CT molecular complexity index is 121. The molecule has 0 spiro atoms. The van der Waals surface area contributed by atoms with Crippen LogP contribution in [0.15, 0.2) is 12.2 Å². The number of rotatable bonds is 5. The molecule has 0 aromatic rings. The minimum absolute atomic E-state index is 0.219. The van der Waals surface area contributed by atoms with Crippen molar-refractivity contribution < 1.29 is 9.53 Å². The van der Waals surface area contributed by atoms with Gasteiger partial charge in [-0.2, -0.15) is 0 Å². The van der Waals surface area contributed by atoms with E-state index < -0.39 is 0 Å². The molecule has 0 amide bonds. The number of carbonyl (C=O) groups is 1. The van der Waals surface area contributed by atoms with Crippen molar-refractivity contribution in [3.05, 3.63) is 12.2 Å². The average Bonchev–Trinajstić information content (AvgIpc) is 1.98. The molecule has 10 heavy (non-hydrogen) atoms.